The minimum Gasteiger partial charge on any atom is -0.454 e. The fourth-order valence-electron chi connectivity index (χ4n) is 12.6. The molecule has 372 valence electrons. The summed E-state index contributed by atoms with van der Waals surface area (Å²) in [5.74, 6) is 0. The Morgan fingerprint density at radius 1 is 0.308 bits per heavy atom. The second kappa shape index (κ2) is 19.0. The summed E-state index contributed by atoms with van der Waals surface area (Å²) in [5, 5.41) is 4.49. The molecular formula is C74H55N3O. The van der Waals surface area contributed by atoms with Gasteiger partial charge in [0.1, 0.15) is 5.58 Å². The Bertz CT molecular complexity index is 4270. The van der Waals surface area contributed by atoms with Crippen molar-refractivity contribution >= 4 is 83.9 Å². The van der Waals surface area contributed by atoms with E-state index < -0.39 is 5.41 Å². The van der Waals surface area contributed by atoms with Gasteiger partial charge >= 0.3 is 0 Å². The predicted molar refractivity (Wildman–Crippen MR) is 327 cm³/mol. The fourth-order valence-corrected chi connectivity index (χ4v) is 12.6. The van der Waals surface area contributed by atoms with E-state index in [1.807, 2.05) is 0 Å². The summed E-state index contributed by atoms with van der Waals surface area (Å²) in [4.78, 5) is 7.21. The lowest BCUT2D eigenvalue weighted by atomic mass is 9.65. The van der Waals surface area contributed by atoms with Crippen LogP contribution >= 0.6 is 0 Å². The Hall–Kier alpha value is -9.90. The first kappa shape index (κ1) is 46.6. The highest BCUT2D eigenvalue weighted by Crippen LogP contribution is 2.64. The number of aryl methyl sites for hydroxylation is 3. The summed E-state index contributed by atoms with van der Waals surface area (Å²) in [6, 6.07) is 102. The van der Waals surface area contributed by atoms with E-state index in [1.165, 1.54) is 49.9 Å². The summed E-state index contributed by atoms with van der Waals surface area (Å²) >= 11 is 0. The first-order valence-electron chi connectivity index (χ1n) is 26.9. The van der Waals surface area contributed by atoms with E-state index in [-0.39, 0.29) is 0 Å². The van der Waals surface area contributed by atoms with Gasteiger partial charge in [0.05, 0.1) is 16.8 Å². The highest BCUT2D eigenvalue weighted by atomic mass is 16.3. The van der Waals surface area contributed by atoms with Crippen LogP contribution in [0.1, 0.15) is 38.9 Å². The van der Waals surface area contributed by atoms with Crippen LogP contribution in [-0.4, -0.2) is 0 Å². The molecule has 14 rings (SSSR count). The maximum Gasteiger partial charge on any atom is 0.160 e. The van der Waals surface area contributed by atoms with Crippen molar-refractivity contribution in [3.05, 3.63) is 318 Å². The van der Waals surface area contributed by atoms with Gasteiger partial charge < -0.3 is 19.1 Å². The number of para-hydroxylation sites is 6. The lowest BCUT2D eigenvalue weighted by Gasteiger charge is -2.37. The monoisotopic (exact) mass is 1000 g/mol. The van der Waals surface area contributed by atoms with E-state index in [1.54, 1.807) is 0 Å². The van der Waals surface area contributed by atoms with Gasteiger partial charge in [0, 0.05) is 56.0 Å². The zero-order valence-electron chi connectivity index (χ0n) is 43.8. The molecule has 0 N–H and O–H groups in total. The Morgan fingerprint density at radius 3 is 1.33 bits per heavy atom. The van der Waals surface area contributed by atoms with E-state index in [4.69, 9.17) is 4.42 Å². The molecule has 1 aliphatic carbocycles. The van der Waals surface area contributed by atoms with Crippen LogP contribution in [0.5, 0.6) is 0 Å². The quantitative estimate of drug-likeness (QED) is 0.129. The van der Waals surface area contributed by atoms with Crippen LogP contribution in [0.25, 0.3) is 43.8 Å². The third kappa shape index (κ3) is 7.51. The molecule has 1 atom stereocenters. The molecule has 0 saturated heterocycles. The highest BCUT2D eigenvalue weighted by molar-refractivity contribution is 6.23. The lowest BCUT2D eigenvalue weighted by molar-refractivity contribution is 0.668. The molecule has 1 aromatic heterocycles. The second-order valence-electron chi connectivity index (χ2n) is 20.6. The van der Waals surface area contributed by atoms with Crippen LogP contribution in [0.4, 0.5) is 51.2 Å². The van der Waals surface area contributed by atoms with Crippen LogP contribution in [0.2, 0.25) is 0 Å². The molecule has 13 aromatic rings. The maximum absolute atomic E-state index is 7.34. The van der Waals surface area contributed by atoms with Gasteiger partial charge in [-0.3, -0.25) is 0 Å². The van der Waals surface area contributed by atoms with E-state index in [0.717, 1.165) is 84.1 Å². The van der Waals surface area contributed by atoms with Crippen molar-refractivity contribution in [3.63, 3.8) is 0 Å². The van der Waals surface area contributed by atoms with Gasteiger partial charge in [0.2, 0.25) is 0 Å². The van der Waals surface area contributed by atoms with Gasteiger partial charge in [-0.2, -0.15) is 0 Å². The Kier molecular flexibility index (Phi) is 11.4. The Labute approximate surface area is 456 Å². The molecule has 1 unspecified atom stereocenters. The molecule has 0 aliphatic heterocycles. The number of benzene rings is 12. The highest BCUT2D eigenvalue weighted by Gasteiger charge is 2.50. The first-order valence-corrected chi connectivity index (χ1v) is 26.9. The van der Waals surface area contributed by atoms with E-state index in [9.17, 15) is 0 Å². The zero-order chi connectivity index (χ0) is 52.3. The molecule has 12 aromatic carbocycles. The summed E-state index contributed by atoms with van der Waals surface area (Å²) < 4.78 is 7.34. The zero-order valence-corrected chi connectivity index (χ0v) is 43.8. The van der Waals surface area contributed by atoms with Crippen LogP contribution < -0.4 is 14.7 Å². The van der Waals surface area contributed by atoms with Crippen molar-refractivity contribution in [1.29, 1.82) is 0 Å². The Morgan fingerprint density at radius 2 is 0.756 bits per heavy atom. The SMILES string of the molecule is Cc1cccc(N(c2ccccc2)c2ccc(C3(c4cc(C)ccc4C)c4cc(N(c5ccccc5)c5ccccc5)c5ccccc5c4-c4c3cc(N(c3ccccc3)c3ccccc3)c3oc5ccccc5c43)cc2)c1. The Balaban J connectivity index is 1.18. The molecule has 0 amide bonds. The fraction of sp³-hybridized carbons (Fsp3) is 0.0541. The molecule has 0 spiro atoms. The van der Waals surface area contributed by atoms with Crippen molar-refractivity contribution in [2.75, 3.05) is 14.7 Å². The summed E-state index contributed by atoms with van der Waals surface area (Å²) in [5.41, 5.74) is 21.1. The summed E-state index contributed by atoms with van der Waals surface area (Å²) in [6.45, 7) is 6.70. The molecule has 0 radical (unpaired) electrons. The van der Waals surface area contributed by atoms with Crippen molar-refractivity contribution in [2.45, 2.75) is 26.2 Å². The largest absolute Gasteiger partial charge is 0.454 e. The summed E-state index contributed by atoms with van der Waals surface area (Å²) in [7, 11) is 0. The van der Waals surface area contributed by atoms with Crippen LogP contribution in [0.15, 0.2) is 283 Å². The molecule has 0 fully saturated rings. The molecule has 1 aliphatic rings. The third-order valence-electron chi connectivity index (χ3n) is 15.9. The predicted octanol–water partition coefficient (Wildman–Crippen LogP) is 20.4. The molecule has 78 heavy (non-hydrogen) atoms. The normalized spacial score (nSPS) is 13.6. The van der Waals surface area contributed by atoms with Gasteiger partial charge in [-0.1, -0.05) is 181 Å². The molecule has 0 saturated carbocycles. The molecule has 0 bridgehead atoms. The van der Waals surface area contributed by atoms with E-state index in [0.29, 0.717) is 0 Å². The number of hydrogen-bond donors (Lipinski definition) is 0. The minimum atomic E-state index is -0.890. The third-order valence-corrected chi connectivity index (χ3v) is 15.9. The van der Waals surface area contributed by atoms with Crippen molar-refractivity contribution in [2.24, 2.45) is 0 Å². The molecule has 4 nitrogen and oxygen atoms in total. The van der Waals surface area contributed by atoms with Gasteiger partial charge in [-0.25, -0.2) is 0 Å². The lowest BCUT2D eigenvalue weighted by Crippen LogP contribution is -2.30. The topological polar surface area (TPSA) is 22.9 Å². The number of rotatable bonds is 11. The molecule has 4 heteroatoms. The number of fused-ring (bicyclic) bond motifs is 9. The summed E-state index contributed by atoms with van der Waals surface area (Å²) in [6.07, 6.45) is 0. The van der Waals surface area contributed by atoms with Gasteiger partial charge in [0.15, 0.2) is 5.58 Å². The second-order valence-corrected chi connectivity index (χ2v) is 20.6. The van der Waals surface area contributed by atoms with Gasteiger partial charge in [-0.05, 0) is 174 Å². The number of hydrogen-bond acceptors (Lipinski definition) is 4. The van der Waals surface area contributed by atoms with Gasteiger partial charge in [-0.15, -0.1) is 0 Å². The van der Waals surface area contributed by atoms with Crippen LogP contribution in [-0.2, 0) is 5.41 Å². The molecular weight excluding hydrogens is 947 g/mol. The smallest absolute Gasteiger partial charge is 0.160 e. The minimum absolute atomic E-state index is 0.834. The van der Waals surface area contributed by atoms with Crippen molar-refractivity contribution in [3.8, 4) is 11.1 Å². The average molecular weight is 1000 g/mol. The molecule has 1 heterocycles. The standard InChI is InChI=1S/C74H55N3O/c1-50-24-23-35-60(46-50)75(54-25-9-4-10-26-54)59-44-42-53(43-45-59)74(64-47-51(2)40-41-52(64)3)65-48-67(76(55-27-11-5-12-28-55)56-29-13-6-14-30-56)61-36-19-20-37-62(61)70(65)72-66(74)49-68(73-71(72)63-38-21-22-39-69(63)78-73)77(57-31-15-7-16-32-57)58-33-17-8-18-34-58/h4-49H,1-3H3. The van der Waals surface area contributed by atoms with Crippen molar-refractivity contribution < 1.29 is 4.42 Å². The van der Waals surface area contributed by atoms with Crippen molar-refractivity contribution in [1.82, 2.24) is 0 Å². The number of furan rings is 1. The first-order chi connectivity index (χ1) is 38.5. The number of anilines is 9. The van der Waals surface area contributed by atoms with Gasteiger partial charge in [0.25, 0.3) is 0 Å². The average Bonchev–Trinajstić information content (AvgIpc) is 2.46. The van der Waals surface area contributed by atoms with Crippen LogP contribution in [0, 0.1) is 20.8 Å². The maximum atomic E-state index is 7.34. The van der Waals surface area contributed by atoms with E-state index in [2.05, 4.69) is 315 Å². The number of nitrogens with zero attached hydrogens (tertiary/aromatic N) is 3. The van der Waals surface area contributed by atoms with E-state index >= 15 is 0 Å². The van der Waals surface area contributed by atoms with Crippen LogP contribution in [0.3, 0.4) is 0 Å².